The molecule has 1 nitrogen and oxygen atoms in total. The Hall–Kier alpha value is -6.88. The number of fused-ring (bicyclic) bond motifs is 5. The molecule has 1 aromatic heterocycles. The highest BCUT2D eigenvalue weighted by atomic mass is 15.0. The van der Waals surface area contributed by atoms with Gasteiger partial charge in [-0.2, -0.15) is 0 Å². The van der Waals surface area contributed by atoms with Gasteiger partial charge in [0.25, 0.3) is 0 Å². The Balaban J connectivity index is 1.13. The molecule has 0 N–H and O–H groups in total. The van der Waals surface area contributed by atoms with Crippen molar-refractivity contribution < 1.29 is 0 Å². The number of terminal acetylenes is 1. The Kier molecular flexibility index (Phi) is 8.05. The molecule has 0 aliphatic rings. The van der Waals surface area contributed by atoms with Crippen molar-refractivity contribution in [3.63, 3.8) is 0 Å². The molecular weight excluding hydrogens is 627 g/mol. The first-order valence-corrected chi connectivity index (χ1v) is 17.8. The molecule has 0 spiro atoms. The zero-order valence-corrected chi connectivity index (χ0v) is 28.7. The van der Waals surface area contributed by atoms with Gasteiger partial charge in [0, 0.05) is 16.5 Å². The number of para-hydroxylation sites is 2. The lowest BCUT2D eigenvalue weighted by molar-refractivity contribution is 1.19. The zero-order chi connectivity index (χ0) is 34.9. The van der Waals surface area contributed by atoms with Crippen molar-refractivity contribution in [2.24, 2.45) is 0 Å². The van der Waals surface area contributed by atoms with Crippen molar-refractivity contribution in [2.45, 2.75) is 6.42 Å². The predicted octanol–water partition coefficient (Wildman–Crippen LogP) is 13.4. The van der Waals surface area contributed by atoms with Gasteiger partial charge >= 0.3 is 0 Å². The number of allylic oxidation sites excluding steroid dienone is 4. The Bertz CT molecular complexity index is 2750. The van der Waals surface area contributed by atoms with E-state index in [9.17, 15) is 0 Å². The third kappa shape index (κ3) is 5.39. The number of hydrogen-bond donors (Lipinski definition) is 0. The molecule has 9 rings (SSSR count). The molecule has 9 aromatic rings. The van der Waals surface area contributed by atoms with Gasteiger partial charge in [0.2, 0.25) is 0 Å². The van der Waals surface area contributed by atoms with E-state index in [4.69, 9.17) is 6.42 Å². The van der Waals surface area contributed by atoms with Crippen LogP contribution in [-0.2, 0) is 6.42 Å². The Morgan fingerprint density at radius 1 is 0.462 bits per heavy atom. The molecule has 0 saturated carbocycles. The van der Waals surface area contributed by atoms with Crippen molar-refractivity contribution >= 4 is 49.0 Å². The summed E-state index contributed by atoms with van der Waals surface area (Å²) in [7, 11) is 0. The SMILES string of the molecule is C#C/C=C\C(=C/Cc1ccccc1-c1ccc(-c2c3ccccc3c(-c3ccccc3)c3ccccc23)cc1)n1c2ccccc2c2ccccc21. The summed E-state index contributed by atoms with van der Waals surface area (Å²) in [5.41, 5.74) is 12.1. The van der Waals surface area contributed by atoms with Crippen LogP contribution in [0.2, 0.25) is 0 Å². The van der Waals surface area contributed by atoms with Gasteiger partial charge in [0.1, 0.15) is 0 Å². The molecular formula is C51H35N. The summed E-state index contributed by atoms with van der Waals surface area (Å²) < 4.78 is 2.33. The summed E-state index contributed by atoms with van der Waals surface area (Å²) in [4.78, 5) is 0. The summed E-state index contributed by atoms with van der Waals surface area (Å²) >= 11 is 0. The number of rotatable bonds is 7. The van der Waals surface area contributed by atoms with Crippen LogP contribution >= 0.6 is 0 Å². The summed E-state index contributed by atoms with van der Waals surface area (Å²) in [6.45, 7) is 0. The van der Waals surface area contributed by atoms with Crippen LogP contribution in [-0.4, -0.2) is 4.57 Å². The number of benzene rings is 8. The molecule has 0 bridgehead atoms. The van der Waals surface area contributed by atoms with Crippen molar-refractivity contribution in [1.29, 1.82) is 0 Å². The van der Waals surface area contributed by atoms with E-state index in [1.165, 1.54) is 71.3 Å². The highest BCUT2D eigenvalue weighted by molar-refractivity contribution is 6.21. The van der Waals surface area contributed by atoms with E-state index in [1.807, 2.05) is 6.08 Å². The second kappa shape index (κ2) is 13.4. The zero-order valence-electron chi connectivity index (χ0n) is 28.7. The third-order valence-corrected chi connectivity index (χ3v) is 10.2. The minimum absolute atomic E-state index is 0.749. The van der Waals surface area contributed by atoms with Gasteiger partial charge in [-0.15, -0.1) is 6.42 Å². The first-order chi connectivity index (χ1) is 25.8. The van der Waals surface area contributed by atoms with Crippen LogP contribution in [0.3, 0.4) is 0 Å². The van der Waals surface area contributed by atoms with Crippen LogP contribution in [0.1, 0.15) is 5.56 Å². The molecule has 0 radical (unpaired) electrons. The van der Waals surface area contributed by atoms with Gasteiger partial charge in [-0.25, -0.2) is 0 Å². The first-order valence-electron chi connectivity index (χ1n) is 17.8. The predicted molar refractivity (Wildman–Crippen MR) is 223 cm³/mol. The average molecular weight is 662 g/mol. The van der Waals surface area contributed by atoms with E-state index in [0.717, 1.165) is 23.2 Å². The molecule has 0 unspecified atom stereocenters. The van der Waals surface area contributed by atoms with Crippen LogP contribution in [0.4, 0.5) is 0 Å². The van der Waals surface area contributed by atoms with Crippen LogP contribution < -0.4 is 0 Å². The lowest BCUT2D eigenvalue weighted by atomic mass is 9.85. The van der Waals surface area contributed by atoms with Gasteiger partial charge in [-0.3, -0.25) is 0 Å². The van der Waals surface area contributed by atoms with Crippen molar-refractivity contribution in [2.75, 3.05) is 0 Å². The largest absolute Gasteiger partial charge is 0.310 e. The fourth-order valence-electron chi connectivity index (χ4n) is 7.93. The molecule has 0 fully saturated rings. The normalized spacial score (nSPS) is 11.9. The lowest BCUT2D eigenvalue weighted by Crippen LogP contribution is -1.96. The molecule has 0 amide bonds. The quantitative estimate of drug-likeness (QED) is 0.0910. The molecule has 0 atom stereocenters. The van der Waals surface area contributed by atoms with Crippen molar-refractivity contribution in [3.05, 3.63) is 200 Å². The molecule has 1 heteroatoms. The Morgan fingerprint density at radius 3 is 1.46 bits per heavy atom. The van der Waals surface area contributed by atoms with E-state index < -0.39 is 0 Å². The third-order valence-electron chi connectivity index (χ3n) is 10.2. The molecule has 0 saturated heterocycles. The molecule has 244 valence electrons. The molecule has 0 aliphatic carbocycles. The van der Waals surface area contributed by atoms with Crippen LogP contribution in [0.15, 0.2) is 194 Å². The standard InChI is InChI=1S/C51H35N/c1-2-3-20-40(52-48-28-15-13-22-42(48)43-23-14-16-29-49(43)52)35-34-36-17-7-8-21-41(36)37-30-32-39(33-31-37)51-46-26-11-9-24-44(46)50(38-18-5-4-6-19-38)45-25-10-12-27-47(45)51/h1,3-33,35H,34H2/b20-3-,40-35+. The number of hydrogen-bond acceptors (Lipinski definition) is 0. The summed E-state index contributed by atoms with van der Waals surface area (Å²) in [6, 6.07) is 63.4. The second-order valence-electron chi connectivity index (χ2n) is 13.1. The molecule has 1 heterocycles. The monoisotopic (exact) mass is 661 g/mol. The van der Waals surface area contributed by atoms with Gasteiger partial charge in [0.05, 0.1) is 11.0 Å². The molecule has 52 heavy (non-hydrogen) atoms. The summed E-state index contributed by atoms with van der Waals surface area (Å²) in [6.07, 6.45) is 12.6. The topological polar surface area (TPSA) is 4.93 Å². The molecule has 0 aliphatic heterocycles. The highest BCUT2D eigenvalue weighted by Gasteiger charge is 2.17. The maximum atomic E-state index is 5.74. The van der Waals surface area contributed by atoms with E-state index in [0.29, 0.717) is 0 Å². The Morgan fingerprint density at radius 2 is 0.904 bits per heavy atom. The van der Waals surface area contributed by atoms with Crippen LogP contribution in [0.5, 0.6) is 0 Å². The fraction of sp³-hybridized carbons (Fsp3) is 0.0196. The minimum atomic E-state index is 0.749. The van der Waals surface area contributed by atoms with Gasteiger partial charge < -0.3 is 4.57 Å². The number of aromatic nitrogens is 1. The van der Waals surface area contributed by atoms with Crippen LogP contribution in [0.25, 0.3) is 82.4 Å². The first kappa shape index (κ1) is 31.1. The minimum Gasteiger partial charge on any atom is -0.310 e. The highest BCUT2D eigenvalue weighted by Crippen LogP contribution is 2.44. The van der Waals surface area contributed by atoms with E-state index in [-0.39, 0.29) is 0 Å². The fourth-order valence-corrected chi connectivity index (χ4v) is 7.93. The van der Waals surface area contributed by atoms with Crippen LogP contribution in [0, 0.1) is 12.3 Å². The average Bonchev–Trinajstić information content (AvgIpc) is 3.55. The number of nitrogens with zero attached hydrogens (tertiary/aromatic N) is 1. The maximum absolute atomic E-state index is 5.74. The maximum Gasteiger partial charge on any atom is 0.0540 e. The van der Waals surface area contributed by atoms with Crippen molar-refractivity contribution in [3.8, 4) is 45.7 Å². The summed E-state index contributed by atoms with van der Waals surface area (Å²) in [5, 5.41) is 7.51. The molecule has 8 aromatic carbocycles. The van der Waals surface area contributed by atoms with Crippen molar-refractivity contribution in [1.82, 2.24) is 4.57 Å². The van der Waals surface area contributed by atoms with Gasteiger partial charge in [-0.1, -0.05) is 176 Å². The summed E-state index contributed by atoms with van der Waals surface area (Å²) in [5.74, 6) is 2.71. The lowest BCUT2D eigenvalue weighted by Gasteiger charge is -2.18. The van der Waals surface area contributed by atoms with E-state index in [2.05, 4.69) is 192 Å². The second-order valence-corrected chi connectivity index (χ2v) is 13.1. The van der Waals surface area contributed by atoms with Gasteiger partial charge in [-0.05, 0) is 91.2 Å². The Labute approximate surface area is 304 Å². The smallest absolute Gasteiger partial charge is 0.0540 e. The van der Waals surface area contributed by atoms with E-state index >= 15 is 0 Å². The van der Waals surface area contributed by atoms with E-state index in [1.54, 1.807) is 6.08 Å². The van der Waals surface area contributed by atoms with Gasteiger partial charge in [0.15, 0.2) is 0 Å².